The molecule has 2 aromatic carbocycles. The fourth-order valence-electron chi connectivity index (χ4n) is 3.29. The van der Waals surface area contributed by atoms with E-state index in [1.54, 1.807) is 24.3 Å². The van der Waals surface area contributed by atoms with Crippen LogP contribution in [0.1, 0.15) is 22.6 Å². The highest BCUT2D eigenvalue weighted by atomic mass is 32.2. The Labute approximate surface area is 171 Å². The first kappa shape index (κ1) is 19.2. The highest BCUT2D eigenvalue weighted by molar-refractivity contribution is 8.00. The molecule has 7 nitrogen and oxygen atoms in total. The van der Waals surface area contributed by atoms with Crippen LogP contribution >= 0.6 is 11.8 Å². The average molecular weight is 409 g/mol. The molecular formula is C21H19N3O4S. The van der Waals surface area contributed by atoms with Gasteiger partial charge >= 0.3 is 5.97 Å². The third kappa shape index (κ3) is 3.88. The van der Waals surface area contributed by atoms with E-state index in [4.69, 9.17) is 0 Å². The number of esters is 1. The number of hydrogen-bond acceptors (Lipinski definition) is 6. The summed E-state index contributed by atoms with van der Waals surface area (Å²) in [5, 5.41) is -0.410. The Balaban J connectivity index is 1.38. The molecule has 2 heterocycles. The van der Waals surface area contributed by atoms with Crippen molar-refractivity contribution in [3.8, 4) is 0 Å². The van der Waals surface area contributed by atoms with Gasteiger partial charge in [-0.2, -0.15) is 0 Å². The number of hydrogen-bond donors (Lipinski definition) is 1. The Morgan fingerprint density at radius 1 is 1.21 bits per heavy atom. The van der Waals surface area contributed by atoms with Crippen LogP contribution in [0.3, 0.4) is 0 Å². The SMILES string of the molecule is COC(=O)c1ccc(N2C(=O)CC(SCCc3nc4ccccc4[nH]3)C2=O)cc1. The Morgan fingerprint density at radius 3 is 2.69 bits per heavy atom. The zero-order valence-electron chi connectivity index (χ0n) is 15.8. The molecule has 148 valence electrons. The molecule has 1 saturated heterocycles. The van der Waals surface area contributed by atoms with Crippen molar-refractivity contribution in [3.63, 3.8) is 0 Å². The van der Waals surface area contributed by atoms with Gasteiger partial charge in [-0.25, -0.2) is 14.7 Å². The largest absolute Gasteiger partial charge is 0.465 e. The van der Waals surface area contributed by atoms with Crippen molar-refractivity contribution in [3.05, 3.63) is 59.9 Å². The maximum absolute atomic E-state index is 12.7. The van der Waals surface area contributed by atoms with Crippen molar-refractivity contribution in [2.24, 2.45) is 0 Å². The van der Waals surface area contributed by atoms with Gasteiger partial charge in [-0.3, -0.25) is 9.59 Å². The number of aromatic amines is 1. The third-order valence-corrected chi connectivity index (χ3v) is 5.96. The smallest absolute Gasteiger partial charge is 0.337 e. The van der Waals surface area contributed by atoms with E-state index < -0.39 is 11.2 Å². The van der Waals surface area contributed by atoms with Crippen LogP contribution in [-0.2, 0) is 20.7 Å². The van der Waals surface area contributed by atoms with Crippen LogP contribution in [0, 0.1) is 0 Å². The van der Waals surface area contributed by atoms with Crippen LogP contribution in [-0.4, -0.2) is 45.9 Å². The van der Waals surface area contributed by atoms with E-state index in [9.17, 15) is 14.4 Å². The lowest BCUT2D eigenvalue weighted by molar-refractivity contribution is -0.121. The predicted molar refractivity (Wildman–Crippen MR) is 111 cm³/mol. The van der Waals surface area contributed by atoms with Crippen molar-refractivity contribution in [2.45, 2.75) is 18.1 Å². The summed E-state index contributed by atoms with van der Waals surface area (Å²) in [4.78, 5) is 45.7. The summed E-state index contributed by atoms with van der Waals surface area (Å²) in [6, 6.07) is 14.1. The molecule has 2 amide bonds. The number of anilines is 1. The molecule has 1 unspecified atom stereocenters. The number of methoxy groups -OCH3 is 1. The van der Waals surface area contributed by atoms with Gasteiger partial charge in [-0.1, -0.05) is 12.1 Å². The van der Waals surface area contributed by atoms with Gasteiger partial charge in [0.05, 0.1) is 34.6 Å². The standard InChI is InChI=1S/C21H19N3O4S/c1-28-21(27)13-6-8-14(9-7-13)24-19(25)12-17(20(24)26)29-11-10-18-22-15-4-2-3-5-16(15)23-18/h2-9,17H,10-12H2,1H3,(H,22,23). The van der Waals surface area contributed by atoms with Gasteiger partial charge in [0.15, 0.2) is 0 Å². The number of benzene rings is 2. The van der Waals surface area contributed by atoms with E-state index in [1.807, 2.05) is 24.3 Å². The second kappa shape index (κ2) is 8.08. The molecule has 3 aromatic rings. The fraction of sp³-hybridized carbons (Fsp3) is 0.238. The first-order chi connectivity index (χ1) is 14.1. The Morgan fingerprint density at radius 2 is 1.97 bits per heavy atom. The van der Waals surface area contributed by atoms with Gasteiger partial charge in [0, 0.05) is 18.6 Å². The molecule has 29 heavy (non-hydrogen) atoms. The number of carbonyl (C=O) groups excluding carboxylic acids is 3. The average Bonchev–Trinajstić information content (AvgIpc) is 3.27. The summed E-state index contributed by atoms with van der Waals surface area (Å²) >= 11 is 1.46. The summed E-state index contributed by atoms with van der Waals surface area (Å²) in [5.41, 5.74) is 2.74. The number of amides is 2. The number of aromatic nitrogens is 2. The number of aryl methyl sites for hydroxylation is 1. The van der Waals surface area contributed by atoms with E-state index in [-0.39, 0.29) is 18.2 Å². The monoisotopic (exact) mass is 409 g/mol. The van der Waals surface area contributed by atoms with Gasteiger partial charge in [0.25, 0.3) is 0 Å². The number of H-pyrrole nitrogens is 1. The molecule has 0 aliphatic carbocycles. The number of rotatable bonds is 6. The van der Waals surface area contributed by atoms with Crippen LogP contribution in [0.15, 0.2) is 48.5 Å². The summed E-state index contributed by atoms with van der Waals surface area (Å²) < 4.78 is 4.66. The zero-order valence-corrected chi connectivity index (χ0v) is 16.6. The van der Waals surface area contributed by atoms with Crippen LogP contribution in [0.5, 0.6) is 0 Å². The molecular weight excluding hydrogens is 390 g/mol. The lowest BCUT2D eigenvalue weighted by Gasteiger charge is -2.15. The third-order valence-electron chi connectivity index (χ3n) is 4.75. The molecule has 1 N–H and O–H groups in total. The Bertz CT molecular complexity index is 1040. The minimum Gasteiger partial charge on any atom is -0.465 e. The van der Waals surface area contributed by atoms with Crippen LogP contribution in [0.2, 0.25) is 0 Å². The minimum atomic E-state index is -0.463. The Kier molecular flexibility index (Phi) is 5.35. The van der Waals surface area contributed by atoms with Gasteiger partial charge < -0.3 is 9.72 Å². The zero-order chi connectivity index (χ0) is 20.4. The van der Waals surface area contributed by atoms with Crippen molar-refractivity contribution in [1.82, 2.24) is 9.97 Å². The van der Waals surface area contributed by atoms with Crippen molar-refractivity contribution >= 4 is 46.3 Å². The molecule has 0 bridgehead atoms. The van der Waals surface area contributed by atoms with E-state index in [0.717, 1.165) is 16.9 Å². The first-order valence-corrected chi connectivity index (χ1v) is 10.2. The highest BCUT2D eigenvalue weighted by Crippen LogP contribution is 2.30. The maximum Gasteiger partial charge on any atom is 0.337 e. The number of fused-ring (bicyclic) bond motifs is 1. The molecule has 4 rings (SSSR count). The van der Waals surface area contributed by atoms with Crippen LogP contribution < -0.4 is 4.90 Å². The highest BCUT2D eigenvalue weighted by Gasteiger charge is 2.39. The number of imide groups is 1. The topological polar surface area (TPSA) is 92.4 Å². The van der Waals surface area contributed by atoms with E-state index >= 15 is 0 Å². The predicted octanol–water partition coefficient (Wildman–Crippen LogP) is 2.96. The molecule has 0 radical (unpaired) electrons. The van der Waals surface area contributed by atoms with Crippen molar-refractivity contribution in [1.29, 1.82) is 0 Å². The molecule has 0 saturated carbocycles. The number of ether oxygens (including phenoxy) is 1. The molecule has 1 aromatic heterocycles. The minimum absolute atomic E-state index is 0.169. The second-order valence-corrected chi connectivity index (χ2v) is 7.93. The molecule has 1 fully saturated rings. The molecule has 1 aliphatic rings. The second-order valence-electron chi connectivity index (χ2n) is 6.62. The van der Waals surface area contributed by atoms with Crippen LogP contribution in [0.25, 0.3) is 11.0 Å². The van der Waals surface area contributed by atoms with Gasteiger partial charge in [0.2, 0.25) is 11.8 Å². The van der Waals surface area contributed by atoms with E-state index in [0.29, 0.717) is 23.4 Å². The molecule has 1 aliphatic heterocycles. The van der Waals surface area contributed by atoms with Gasteiger partial charge in [-0.15, -0.1) is 11.8 Å². The number of thioether (sulfide) groups is 1. The number of carbonyl (C=O) groups is 3. The lowest BCUT2D eigenvalue weighted by atomic mass is 10.2. The summed E-state index contributed by atoms with van der Waals surface area (Å²) in [6.45, 7) is 0. The van der Waals surface area contributed by atoms with Gasteiger partial charge in [-0.05, 0) is 36.4 Å². The summed E-state index contributed by atoms with van der Waals surface area (Å²) in [5.74, 6) is 0.622. The normalized spacial score (nSPS) is 16.6. The molecule has 0 spiro atoms. The molecule has 1 atom stereocenters. The fourth-order valence-corrected chi connectivity index (χ4v) is 4.40. The summed E-state index contributed by atoms with van der Waals surface area (Å²) in [7, 11) is 1.30. The Hall–Kier alpha value is -3.13. The number of nitrogens with one attached hydrogen (secondary N) is 1. The maximum atomic E-state index is 12.7. The van der Waals surface area contributed by atoms with Crippen LogP contribution in [0.4, 0.5) is 5.69 Å². The quantitative estimate of drug-likeness (QED) is 0.497. The number of imidazole rings is 1. The first-order valence-electron chi connectivity index (χ1n) is 9.17. The molecule has 8 heteroatoms. The van der Waals surface area contributed by atoms with Gasteiger partial charge in [0.1, 0.15) is 5.82 Å². The summed E-state index contributed by atoms with van der Waals surface area (Å²) in [6.07, 6.45) is 0.855. The number of nitrogens with zero attached hydrogens (tertiary/aromatic N) is 2. The van der Waals surface area contributed by atoms with Crippen molar-refractivity contribution < 1.29 is 19.1 Å². The lowest BCUT2D eigenvalue weighted by Crippen LogP contribution is -2.31. The van der Waals surface area contributed by atoms with E-state index in [2.05, 4.69) is 14.7 Å². The van der Waals surface area contributed by atoms with E-state index in [1.165, 1.54) is 23.8 Å². The number of para-hydroxylation sites is 2. The van der Waals surface area contributed by atoms with Crippen molar-refractivity contribution in [2.75, 3.05) is 17.8 Å².